The van der Waals surface area contributed by atoms with Crippen LogP contribution in [-0.2, 0) is 18.4 Å². The fourth-order valence-electron chi connectivity index (χ4n) is 2.78. The molecule has 2 aromatic heterocycles. The Morgan fingerprint density at radius 1 is 1.16 bits per heavy atom. The van der Waals surface area contributed by atoms with Gasteiger partial charge in [0.2, 0.25) is 0 Å². The van der Waals surface area contributed by atoms with E-state index in [1.165, 1.54) is 16.9 Å². The number of carbonyl (C=O) groups is 1. The number of anilines is 1. The van der Waals surface area contributed by atoms with Crippen LogP contribution in [0.1, 0.15) is 17.4 Å². The summed E-state index contributed by atoms with van der Waals surface area (Å²) < 4.78 is 37.8. The van der Waals surface area contributed by atoms with E-state index >= 15 is 0 Å². The molecule has 3 aromatic rings. The average molecular weight is 435 g/mol. The number of amides is 1. The normalized spacial score (nSPS) is 13.1. The molecule has 0 fully saturated rings. The quantitative estimate of drug-likeness (QED) is 0.468. The Bertz CT molecular complexity index is 996. The van der Waals surface area contributed by atoms with Gasteiger partial charge in [0, 0.05) is 11.8 Å². The first-order valence-corrected chi connectivity index (χ1v) is 9.23. The molecule has 12 heteroatoms. The van der Waals surface area contributed by atoms with Crippen LogP contribution in [0.4, 0.5) is 19.1 Å². The topological polar surface area (TPSA) is 118 Å². The smallest absolute Gasteiger partial charge is 0.315 e. The molecule has 1 aromatic carbocycles. The number of rotatable bonds is 9. The summed E-state index contributed by atoms with van der Waals surface area (Å²) in [7, 11) is 1.66. The van der Waals surface area contributed by atoms with Gasteiger partial charge in [-0.05, 0) is 22.4 Å². The number of pyridine rings is 1. The Morgan fingerprint density at radius 2 is 1.87 bits per heavy atom. The summed E-state index contributed by atoms with van der Waals surface area (Å²) in [6.07, 6.45) is -3.09. The number of aromatic nitrogens is 5. The Morgan fingerprint density at radius 3 is 2.42 bits per heavy atom. The second kappa shape index (κ2) is 9.98. The zero-order chi connectivity index (χ0) is 22.4. The van der Waals surface area contributed by atoms with Crippen LogP contribution in [0.2, 0.25) is 0 Å². The number of tetrazole rings is 1. The molecule has 0 saturated carbocycles. The summed E-state index contributed by atoms with van der Waals surface area (Å²) in [4.78, 5) is 16.8. The van der Waals surface area contributed by atoms with Crippen molar-refractivity contribution in [2.75, 3.05) is 12.0 Å². The van der Waals surface area contributed by atoms with E-state index < -0.39 is 31.2 Å². The predicted molar refractivity (Wildman–Crippen MR) is 105 cm³/mol. The molecule has 0 aliphatic rings. The minimum Gasteiger partial charge on any atom is -0.386 e. The third kappa shape index (κ3) is 5.75. The molecule has 0 radical (unpaired) electrons. The van der Waals surface area contributed by atoms with Crippen molar-refractivity contribution in [2.24, 2.45) is 7.05 Å². The number of alkyl halides is 3. The molecule has 2 atom stereocenters. The molecule has 164 valence electrons. The number of carbonyl (C=O) groups excluding carboxylic acids is 1. The lowest BCUT2D eigenvalue weighted by Crippen LogP contribution is -2.43. The third-order valence-electron chi connectivity index (χ3n) is 4.42. The molecule has 2 heterocycles. The first-order chi connectivity index (χ1) is 14.9. The first kappa shape index (κ1) is 22.2. The van der Waals surface area contributed by atoms with Gasteiger partial charge in [-0.3, -0.25) is 9.78 Å². The maximum atomic E-state index is 13.1. The predicted octanol–water partition coefficient (Wildman–Crippen LogP) is 1.64. The molecule has 3 rings (SSSR count). The number of hydrogen-bond acceptors (Lipinski definition) is 7. The van der Waals surface area contributed by atoms with E-state index in [0.29, 0.717) is 12.5 Å². The molecule has 0 saturated heterocycles. The molecule has 0 spiro atoms. The molecule has 9 nitrogen and oxygen atoms in total. The van der Waals surface area contributed by atoms with Crippen molar-refractivity contribution in [3.05, 3.63) is 53.9 Å². The molecule has 3 N–H and O–H groups in total. The van der Waals surface area contributed by atoms with Crippen LogP contribution in [-0.4, -0.2) is 55.3 Å². The van der Waals surface area contributed by atoms with E-state index in [-0.39, 0.29) is 5.56 Å². The van der Waals surface area contributed by atoms with Crippen LogP contribution in [0.5, 0.6) is 0 Å². The number of hydrogen-bond donors (Lipinski definition) is 3. The number of nitrogens with one attached hydrogen (secondary N) is 2. The number of aliphatic hydroxyl groups excluding tert-OH is 1. The fourth-order valence-corrected chi connectivity index (χ4v) is 2.78. The van der Waals surface area contributed by atoms with E-state index in [0.717, 1.165) is 16.8 Å². The van der Waals surface area contributed by atoms with Gasteiger partial charge >= 0.3 is 6.43 Å². The minimum absolute atomic E-state index is 0.284. The lowest BCUT2D eigenvalue weighted by molar-refractivity contribution is -0.133. The van der Waals surface area contributed by atoms with Crippen molar-refractivity contribution >= 4 is 11.9 Å². The van der Waals surface area contributed by atoms with Crippen molar-refractivity contribution in [2.45, 2.75) is 25.1 Å². The molecule has 1 amide bonds. The second-order valence-corrected chi connectivity index (χ2v) is 6.63. The summed E-state index contributed by atoms with van der Waals surface area (Å²) in [5, 5.41) is 26.6. The van der Waals surface area contributed by atoms with Gasteiger partial charge in [0.05, 0.1) is 25.3 Å². The lowest BCUT2D eigenvalue weighted by Gasteiger charge is -2.22. The average Bonchev–Trinajstić information content (AvgIpc) is 3.21. The third-order valence-corrected chi connectivity index (χ3v) is 4.42. The SMILES string of the molecule is Cn1nnc(NCc2ccc(-c3ccc([C@H](O)[C@@H](CF)NC(=O)C(F)F)cc3)cn2)n1. The zero-order valence-corrected chi connectivity index (χ0v) is 16.4. The van der Waals surface area contributed by atoms with Crippen molar-refractivity contribution in [1.29, 1.82) is 0 Å². The Hall–Kier alpha value is -3.54. The summed E-state index contributed by atoms with van der Waals surface area (Å²) in [5.74, 6) is -1.24. The molecule has 0 bridgehead atoms. The van der Waals surface area contributed by atoms with Gasteiger partial charge in [-0.2, -0.15) is 13.6 Å². The molecular weight excluding hydrogens is 415 g/mol. The van der Waals surface area contributed by atoms with Crippen molar-refractivity contribution in [1.82, 2.24) is 30.5 Å². The number of benzene rings is 1. The minimum atomic E-state index is -3.29. The Labute approximate surface area is 175 Å². The van der Waals surface area contributed by atoms with Gasteiger partial charge in [0.1, 0.15) is 12.8 Å². The lowest BCUT2D eigenvalue weighted by atomic mass is 9.99. The van der Waals surface area contributed by atoms with Gasteiger partial charge in [-0.15, -0.1) is 5.10 Å². The standard InChI is InChI=1S/C19H20F3N7O2/c1-29-27-19(26-28-29)24-10-14-7-6-13(9-23-14)11-2-4-12(5-3-11)16(30)15(8-20)25-18(31)17(21)22/h2-7,9,15-17,30H,8,10H2,1H3,(H,24,27)(H,25,31)/t15-,16+/m1/s1. The summed E-state index contributed by atoms with van der Waals surface area (Å²) in [6.45, 7) is -0.781. The van der Waals surface area contributed by atoms with Gasteiger partial charge in [-0.1, -0.05) is 35.4 Å². The molecule has 0 aliphatic heterocycles. The summed E-state index contributed by atoms with van der Waals surface area (Å²) in [5.41, 5.74) is 2.62. The van der Waals surface area contributed by atoms with E-state index in [1.807, 2.05) is 12.1 Å². The van der Waals surface area contributed by atoms with Crippen LogP contribution in [0.15, 0.2) is 42.6 Å². The van der Waals surface area contributed by atoms with Crippen molar-refractivity contribution in [3.63, 3.8) is 0 Å². The molecule has 0 aliphatic carbocycles. The highest BCUT2D eigenvalue weighted by Gasteiger charge is 2.26. The van der Waals surface area contributed by atoms with Crippen LogP contribution >= 0.6 is 0 Å². The van der Waals surface area contributed by atoms with Crippen LogP contribution < -0.4 is 10.6 Å². The zero-order valence-electron chi connectivity index (χ0n) is 16.4. The van der Waals surface area contributed by atoms with Crippen molar-refractivity contribution in [3.8, 4) is 11.1 Å². The summed E-state index contributed by atoms with van der Waals surface area (Å²) >= 11 is 0. The van der Waals surface area contributed by atoms with Gasteiger partial charge in [-0.25, -0.2) is 4.39 Å². The number of aliphatic hydroxyl groups is 1. The van der Waals surface area contributed by atoms with Gasteiger partial charge in [0.15, 0.2) is 0 Å². The second-order valence-electron chi connectivity index (χ2n) is 6.63. The van der Waals surface area contributed by atoms with Crippen molar-refractivity contribution < 1.29 is 23.1 Å². The molecule has 0 unspecified atom stereocenters. The monoisotopic (exact) mass is 435 g/mol. The van der Waals surface area contributed by atoms with Crippen LogP contribution in [0.25, 0.3) is 11.1 Å². The maximum Gasteiger partial charge on any atom is 0.315 e. The van der Waals surface area contributed by atoms with E-state index in [2.05, 4.69) is 25.7 Å². The Kier molecular flexibility index (Phi) is 7.13. The van der Waals surface area contributed by atoms with E-state index in [4.69, 9.17) is 0 Å². The first-order valence-electron chi connectivity index (χ1n) is 9.23. The number of aryl methyl sites for hydroxylation is 1. The molecular formula is C19H20F3N7O2. The number of halogens is 3. The van der Waals surface area contributed by atoms with E-state index in [9.17, 15) is 23.1 Å². The number of nitrogens with zero attached hydrogens (tertiary/aromatic N) is 5. The maximum absolute atomic E-state index is 13.1. The highest BCUT2D eigenvalue weighted by molar-refractivity contribution is 5.79. The Balaban J connectivity index is 1.63. The van der Waals surface area contributed by atoms with Crippen LogP contribution in [0.3, 0.4) is 0 Å². The molecule has 31 heavy (non-hydrogen) atoms. The van der Waals surface area contributed by atoms with Crippen LogP contribution in [0, 0.1) is 0 Å². The highest BCUT2D eigenvalue weighted by Crippen LogP contribution is 2.24. The fraction of sp³-hybridized carbons (Fsp3) is 0.316. The van der Waals surface area contributed by atoms with Gasteiger partial charge in [0.25, 0.3) is 11.9 Å². The van der Waals surface area contributed by atoms with Gasteiger partial charge < -0.3 is 15.7 Å². The largest absolute Gasteiger partial charge is 0.386 e. The summed E-state index contributed by atoms with van der Waals surface area (Å²) in [6, 6.07) is 8.64. The van der Waals surface area contributed by atoms with E-state index in [1.54, 1.807) is 30.7 Å². The highest BCUT2D eigenvalue weighted by atomic mass is 19.3.